The molecule has 0 saturated carbocycles. The lowest BCUT2D eigenvalue weighted by molar-refractivity contribution is -0.160. The van der Waals surface area contributed by atoms with Gasteiger partial charge in [-0.3, -0.25) is 4.79 Å². The maximum Gasteiger partial charge on any atom is 0.332 e. The second-order valence-electron chi connectivity index (χ2n) is 3.57. The summed E-state index contributed by atoms with van der Waals surface area (Å²) in [6.45, 7) is 3.42. The Balaban J connectivity index is 3.04. The smallest absolute Gasteiger partial charge is 0.332 e. The monoisotopic (exact) mass is 201 g/mol. The van der Waals surface area contributed by atoms with Gasteiger partial charge in [-0.05, 0) is 6.92 Å². The van der Waals surface area contributed by atoms with Crippen molar-refractivity contribution in [3.63, 3.8) is 0 Å². The molecule has 2 atom stereocenters. The van der Waals surface area contributed by atoms with Crippen molar-refractivity contribution in [3.05, 3.63) is 0 Å². The lowest BCUT2D eigenvalue weighted by Gasteiger charge is -2.36. The number of carboxylic acids is 1. The Hall–Kier alpha value is -1.10. The Morgan fingerprint density at radius 2 is 2.14 bits per heavy atom. The first-order valence-electron chi connectivity index (χ1n) is 4.52. The summed E-state index contributed by atoms with van der Waals surface area (Å²) in [4.78, 5) is 23.7. The Labute approximate surface area is 82.6 Å². The van der Waals surface area contributed by atoms with Crippen LogP contribution in [0.4, 0.5) is 0 Å². The van der Waals surface area contributed by atoms with E-state index in [2.05, 4.69) is 0 Å². The van der Waals surface area contributed by atoms with Gasteiger partial charge in [0.05, 0.1) is 6.10 Å². The molecule has 1 heterocycles. The molecule has 1 rings (SSSR count). The van der Waals surface area contributed by atoms with E-state index in [0.29, 0.717) is 13.0 Å². The first-order valence-corrected chi connectivity index (χ1v) is 4.52. The van der Waals surface area contributed by atoms with Gasteiger partial charge in [0, 0.05) is 27.0 Å². The molecule has 5 heteroatoms. The zero-order valence-electron chi connectivity index (χ0n) is 8.61. The highest BCUT2D eigenvalue weighted by Gasteiger charge is 2.52. The van der Waals surface area contributed by atoms with Crippen LogP contribution >= 0.6 is 0 Å². The van der Waals surface area contributed by atoms with Gasteiger partial charge >= 0.3 is 5.97 Å². The van der Waals surface area contributed by atoms with E-state index in [1.165, 1.54) is 18.9 Å². The fourth-order valence-electron chi connectivity index (χ4n) is 1.88. The second kappa shape index (κ2) is 3.57. The molecule has 5 nitrogen and oxygen atoms in total. The van der Waals surface area contributed by atoms with Gasteiger partial charge in [0.25, 0.3) is 0 Å². The quantitative estimate of drug-likeness (QED) is 0.688. The average Bonchev–Trinajstić information content (AvgIpc) is 2.46. The van der Waals surface area contributed by atoms with Crippen molar-refractivity contribution in [2.45, 2.75) is 31.9 Å². The van der Waals surface area contributed by atoms with Gasteiger partial charge < -0.3 is 14.7 Å². The summed E-state index contributed by atoms with van der Waals surface area (Å²) in [5, 5.41) is 9.18. The molecule has 14 heavy (non-hydrogen) atoms. The summed E-state index contributed by atoms with van der Waals surface area (Å²) in [6.07, 6.45) is -0.117. The number of hydrogen-bond donors (Lipinski definition) is 1. The molecule has 0 aliphatic carbocycles. The molecule has 1 aliphatic heterocycles. The molecule has 1 aliphatic rings. The van der Waals surface area contributed by atoms with Gasteiger partial charge in [-0.25, -0.2) is 4.79 Å². The Bertz CT molecular complexity index is 266. The summed E-state index contributed by atoms with van der Waals surface area (Å²) in [5.41, 5.74) is -1.19. The van der Waals surface area contributed by atoms with Crippen molar-refractivity contribution >= 4 is 11.9 Å². The highest BCUT2D eigenvalue weighted by molar-refractivity contribution is 5.86. The van der Waals surface area contributed by atoms with Crippen molar-refractivity contribution in [1.29, 1.82) is 0 Å². The third kappa shape index (κ3) is 1.37. The minimum Gasteiger partial charge on any atom is -0.479 e. The summed E-state index contributed by atoms with van der Waals surface area (Å²) in [5.74, 6) is -1.26. The molecule has 1 N–H and O–H groups in total. The zero-order chi connectivity index (χ0) is 10.9. The maximum atomic E-state index is 11.2. The molecule has 2 unspecified atom stereocenters. The number of likely N-dealkylation sites (N-methyl/N-ethyl adjacent to an activating group) is 1. The van der Waals surface area contributed by atoms with Crippen LogP contribution in [-0.2, 0) is 14.3 Å². The summed E-state index contributed by atoms with van der Waals surface area (Å²) in [6, 6.07) is 0. The largest absolute Gasteiger partial charge is 0.479 e. The lowest BCUT2D eigenvalue weighted by atomic mass is 9.90. The highest BCUT2D eigenvalue weighted by Crippen LogP contribution is 2.31. The molecule has 0 aromatic heterocycles. The highest BCUT2D eigenvalue weighted by atomic mass is 16.5. The Kier molecular flexibility index (Phi) is 2.80. The lowest BCUT2D eigenvalue weighted by Crippen LogP contribution is -2.58. The van der Waals surface area contributed by atoms with Crippen LogP contribution in [-0.4, -0.2) is 47.2 Å². The predicted octanol–water partition coefficient (Wildman–Crippen LogP) is 0.0969. The number of amides is 1. The molecule has 1 amide bonds. The van der Waals surface area contributed by atoms with Crippen LogP contribution in [0.3, 0.4) is 0 Å². The molecule has 0 radical (unpaired) electrons. The van der Waals surface area contributed by atoms with Crippen LogP contribution < -0.4 is 0 Å². The zero-order valence-corrected chi connectivity index (χ0v) is 8.61. The van der Waals surface area contributed by atoms with E-state index in [0.717, 1.165) is 0 Å². The van der Waals surface area contributed by atoms with E-state index in [4.69, 9.17) is 4.74 Å². The predicted molar refractivity (Wildman–Crippen MR) is 48.8 cm³/mol. The van der Waals surface area contributed by atoms with E-state index in [1.54, 1.807) is 6.92 Å². The maximum absolute atomic E-state index is 11.2. The van der Waals surface area contributed by atoms with Crippen LogP contribution in [0.1, 0.15) is 20.3 Å². The van der Waals surface area contributed by atoms with Gasteiger partial charge in [-0.15, -0.1) is 0 Å². The summed E-state index contributed by atoms with van der Waals surface area (Å²) >= 11 is 0. The number of rotatable bonds is 2. The van der Waals surface area contributed by atoms with Gasteiger partial charge in [0.1, 0.15) is 0 Å². The standard InChI is InChI=1S/C9H15NO4/c1-6-9(8(12)13,4-5-14-6)10(3)7(2)11/h6H,4-5H2,1-3H3,(H,12,13). The van der Waals surface area contributed by atoms with E-state index in [1.807, 2.05) is 0 Å². The van der Waals surface area contributed by atoms with Gasteiger partial charge in [-0.1, -0.05) is 0 Å². The number of carbonyl (C=O) groups excluding carboxylic acids is 1. The van der Waals surface area contributed by atoms with Crippen LogP contribution in [0, 0.1) is 0 Å². The topological polar surface area (TPSA) is 66.8 Å². The summed E-state index contributed by atoms with van der Waals surface area (Å²) < 4.78 is 5.23. The number of carbonyl (C=O) groups is 2. The molecule has 0 aromatic carbocycles. The fourth-order valence-corrected chi connectivity index (χ4v) is 1.88. The SMILES string of the molecule is CC(=O)N(C)C1(C(=O)O)CCOC1C. The first kappa shape index (κ1) is 11.0. The molecule has 0 bridgehead atoms. The molecular formula is C9H15NO4. The van der Waals surface area contributed by atoms with Crippen molar-refractivity contribution in [1.82, 2.24) is 4.90 Å². The minimum absolute atomic E-state index is 0.259. The number of aliphatic carboxylic acids is 1. The van der Waals surface area contributed by atoms with Crippen LogP contribution in [0.25, 0.3) is 0 Å². The molecule has 1 fully saturated rings. The Morgan fingerprint density at radius 3 is 2.43 bits per heavy atom. The van der Waals surface area contributed by atoms with E-state index in [-0.39, 0.29) is 5.91 Å². The van der Waals surface area contributed by atoms with E-state index < -0.39 is 17.6 Å². The second-order valence-corrected chi connectivity index (χ2v) is 3.57. The van der Waals surface area contributed by atoms with Crippen molar-refractivity contribution in [3.8, 4) is 0 Å². The van der Waals surface area contributed by atoms with Gasteiger partial charge in [0.2, 0.25) is 5.91 Å². The summed E-state index contributed by atoms with van der Waals surface area (Å²) in [7, 11) is 1.50. The molecule has 80 valence electrons. The number of hydrogen-bond acceptors (Lipinski definition) is 3. The van der Waals surface area contributed by atoms with E-state index in [9.17, 15) is 14.7 Å². The van der Waals surface area contributed by atoms with E-state index >= 15 is 0 Å². The van der Waals surface area contributed by atoms with Crippen molar-refractivity contribution in [2.24, 2.45) is 0 Å². The third-order valence-electron chi connectivity index (χ3n) is 2.96. The van der Waals surface area contributed by atoms with Gasteiger partial charge in [-0.2, -0.15) is 0 Å². The number of carboxylic acid groups (broad SMARTS) is 1. The number of ether oxygens (including phenoxy) is 1. The third-order valence-corrected chi connectivity index (χ3v) is 2.96. The fraction of sp³-hybridized carbons (Fsp3) is 0.778. The minimum atomic E-state index is -1.19. The average molecular weight is 201 g/mol. The van der Waals surface area contributed by atoms with Crippen LogP contribution in [0.2, 0.25) is 0 Å². The molecule has 1 saturated heterocycles. The normalized spacial score (nSPS) is 31.5. The van der Waals surface area contributed by atoms with Crippen LogP contribution in [0.5, 0.6) is 0 Å². The first-order chi connectivity index (χ1) is 6.43. The number of nitrogens with zero attached hydrogens (tertiary/aromatic N) is 1. The molecule has 0 spiro atoms. The van der Waals surface area contributed by atoms with Crippen LogP contribution in [0.15, 0.2) is 0 Å². The molecule has 0 aromatic rings. The molecular weight excluding hydrogens is 186 g/mol. The van der Waals surface area contributed by atoms with Gasteiger partial charge in [0.15, 0.2) is 5.54 Å². The van der Waals surface area contributed by atoms with Crippen molar-refractivity contribution < 1.29 is 19.4 Å². The van der Waals surface area contributed by atoms with Crippen molar-refractivity contribution in [2.75, 3.05) is 13.7 Å². The Morgan fingerprint density at radius 1 is 1.57 bits per heavy atom.